The monoisotopic (exact) mass is 353 g/mol. The highest BCUT2D eigenvalue weighted by atomic mass is 32.1. The van der Waals surface area contributed by atoms with Crippen LogP contribution in [0.4, 0.5) is 5.82 Å². The van der Waals surface area contributed by atoms with Crippen molar-refractivity contribution in [2.75, 3.05) is 5.73 Å². The standard InChI is InChI=1S/C18H20BN3O2S/c1-17(2)18(3,4)24-19(23-17)11-9-12(15(20)21-10-11)16-22-13-7-5-6-8-14(13)25-16/h5-10H,1-4H3,(H2,20,21). The quantitative estimate of drug-likeness (QED) is 0.717. The number of thiazole rings is 1. The topological polar surface area (TPSA) is 70.3 Å². The van der Waals surface area contributed by atoms with E-state index in [4.69, 9.17) is 15.0 Å². The number of anilines is 1. The number of pyridine rings is 1. The van der Waals surface area contributed by atoms with Gasteiger partial charge in [-0.15, -0.1) is 11.3 Å². The molecule has 128 valence electrons. The molecule has 1 aliphatic rings. The van der Waals surface area contributed by atoms with Gasteiger partial charge in [0.2, 0.25) is 0 Å². The molecule has 0 amide bonds. The molecule has 0 saturated carbocycles. The minimum absolute atomic E-state index is 0.394. The van der Waals surface area contributed by atoms with Crippen molar-refractivity contribution in [3.8, 4) is 10.6 Å². The van der Waals surface area contributed by atoms with E-state index >= 15 is 0 Å². The Labute approximate surface area is 151 Å². The van der Waals surface area contributed by atoms with Crippen molar-refractivity contribution in [2.24, 2.45) is 0 Å². The Morgan fingerprint density at radius 3 is 2.44 bits per heavy atom. The third-order valence-corrected chi connectivity index (χ3v) is 6.06. The number of hydrogen-bond donors (Lipinski definition) is 1. The summed E-state index contributed by atoms with van der Waals surface area (Å²) in [5.41, 5.74) is 7.96. The lowest BCUT2D eigenvalue weighted by Crippen LogP contribution is -2.41. The summed E-state index contributed by atoms with van der Waals surface area (Å²) < 4.78 is 13.4. The van der Waals surface area contributed by atoms with Crippen LogP contribution in [-0.2, 0) is 9.31 Å². The van der Waals surface area contributed by atoms with E-state index in [2.05, 4.69) is 16.0 Å². The Hall–Kier alpha value is -1.96. The van der Waals surface area contributed by atoms with Crippen LogP contribution < -0.4 is 11.2 Å². The molecule has 1 aliphatic heterocycles. The minimum atomic E-state index is -0.466. The smallest absolute Gasteiger partial charge is 0.399 e. The van der Waals surface area contributed by atoms with Crippen molar-refractivity contribution in [1.29, 1.82) is 0 Å². The molecule has 25 heavy (non-hydrogen) atoms. The summed E-state index contributed by atoms with van der Waals surface area (Å²) in [5.74, 6) is 0.458. The molecule has 0 unspecified atom stereocenters. The number of nitrogens with two attached hydrogens (primary N) is 1. The van der Waals surface area contributed by atoms with Crippen molar-refractivity contribution in [3.05, 3.63) is 36.5 Å². The van der Waals surface area contributed by atoms with Crippen LogP contribution >= 0.6 is 11.3 Å². The molecule has 3 aromatic rings. The highest BCUT2D eigenvalue weighted by Gasteiger charge is 2.51. The second-order valence-corrected chi connectivity index (χ2v) is 8.31. The predicted octanol–water partition coefficient (Wildman–Crippen LogP) is 3.24. The average Bonchev–Trinajstić information content (AvgIpc) is 3.06. The van der Waals surface area contributed by atoms with E-state index in [9.17, 15) is 0 Å². The number of rotatable bonds is 2. The molecule has 1 aromatic carbocycles. The molecule has 0 bridgehead atoms. The Balaban J connectivity index is 1.75. The van der Waals surface area contributed by atoms with Crippen molar-refractivity contribution < 1.29 is 9.31 Å². The van der Waals surface area contributed by atoms with Gasteiger partial charge < -0.3 is 15.0 Å². The van der Waals surface area contributed by atoms with E-state index < -0.39 is 18.3 Å². The summed E-state index contributed by atoms with van der Waals surface area (Å²) in [5, 5.41) is 0.851. The Morgan fingerprint density at radius 2 is 1.76 bits per heavy atom. The SMILES string of the molecule is CC1(C)OB(c2cnc(N)c(-c3nc4ccccc4s3)c2)OC1(C)C. The van der Waals surface area contributed by atoms with Crippen LogP contribution in [0.2, 0.25) is 0 Å². The van der Waals surface area contributed by atoms with Gasteiger partial charge in [-0.3, -0.25) is 0 Å². The van der Waals surface area contributed by atoms with E-state index in [1.54, 1.807) is 17.5 Å². The lowest BCUT2D eigenvalue weighted by Gasteiger charge is -2.32. The maximum absolute atomic E-state index is 6.12. The van der Waals surface area contributed by atoms with Crippen molar-refractivity contribution >= 4 is 40.0 Å². The molecule has 0 aliphatic carbocycles. The summed E-state index contributed by atoms with van der Waals surface area (Å²) in [6, 6.07) is 10.0. The lowest BCUT2D eigenvalue weighted by molar-refractivity contribution is 0.00578. The third-order valence-electron chi connectivity index (χ3n) is 4.99. The van der Waals surface area contributed by atoms with Gasteiger partial charge in [-0.2, -0.15) is 0 Å². The van der Waals surface area contributed by atoms with Crippen molar-refractivity contribution in [2.45, 2.75) is 38.9 Å². The lowest BCUT2D eigenvalue weighted by atomic mass is 9.79. The Morgan fingerprint density at radius 1 is 1.08 bits per heavy atom. The van der Waals surface area contributed by atoms with E-state index in [1.807, 2.05) is 52.0 Å². The zero-order valence-electron chi connectivity index (χ0n) is 14.7. The van der Waals surface area contributed by atoms with E-state index in [1.165, 1.54) is 0 Å². The van der Waals surface area contributed by atoms with Crippen LogP contribution in [0.25, 0.3) is 20.8 Å². The molecule has 0 radical (unpaired) electrons. The second kappa shape index (κ2) is 5.52. The normalized spacial score (nSPS) is 18.8. The van der Waals surface area contributed by atoms with Gasteiger partial charge in [-0.25, -0.2) is 9.97 Å². The van der Waals surface area contributed by atoms with Gasteiger partial charge >= 0.3 is 7.12 Å². The van der Waals surface area contributed by atoms with Crippen molar-refractivity contribution in [3.63, 3.8) is 0 Å². The van der Waals surface area contributed by atoms with Crippen LogP contribution in [0.5, 0.6) is 0 Å². The highest BCUT2D eigenvalue weighted by molar-refractivity contribution is 7.21. The molecule has 2 aromatic heterocycles. The number of aromatic nitrogens is 2. The zero-order valence-corrected chi connectivity index (χ0v) is 15.6. The molecule has 5 nitrogen and oxygen atoms in total. The van der Waals surface area contributed by atoms with Gasteiger partial charge in [-0.1, -0.05) is 12.1 Å². The highest BCUT2D eigenvalue weighted by Crippen LogP contribution is 2.37. The van der Waals surface area contributed by atoms with Gasteiger partial charge in [0.25, 0.3) is 0 Å². The first-order valence-electron chi connectivity index (χ1n) is 8.24. The van der Waals surface area contributed by atoms with Crippen LogP contribution in [0.1, 0.15) is 27.7 Å². The predicted molar refractivity (Wildman–Crippen MR) is 103 cm³/mol. The number of benzene rings is 1. The fourth-order valence-corrected chi connectivity index (χ4v) is 3.75. The van der Waals surface area contributed by atoms with E-state index in [0.29, 0.717) is 5.82 Å². The summed E-state index contributed by atoms with van der Waals surface area (Å²) in [4.78, 5) is 9.04. The maximum Gasteiger partial charge on any atom is 0.496 e. The maximum atomic E-state index is 6.12. The number of nitrogen functional groups attached to an aromatic ring is 1. The van der Waals surface area contributed by atoms with Crippen LogP contribution in [-0.4, -0.2) is 28.3 Å². The molecule has 2 N–H and O–H groups in total. The van der Waals surface area contributed by atoms with E-state index in [0.717, 1.165) is 26.3 Å². The zero-order chi connectivity index (χ0) is 17.8. The average molecular weight is 353 g/mol. The number of nitrogens with zero attached hydrogens (tertiary/aromatic N) is 2. The third kappa shape index (κ3) is 2.72. The first-order chi connectivity index (χ1) is 11.8. The van der Waals surface area contributed by atoms with Crippen molar-refractivity contribution in [1.82, 2.24) is 9.97 Å². The molecule has 1 saturated heterocycles. The molecule has 4 rings (SSSR count). The molecule has 3 heterocycles. The summed E-state index contributed by atoms with van der Waals surface area (Å²) >= 11 is 1.60. The van der Waals surface area contributed by atoms with Crippen LogP contribution in [0, 0.1) is 0 Å². The second-order valence-electron chi connectivity index (χ2n) is 7.28. The van der Waals surface area contributed by atoms with Gasteiger partial charge in [0.05, 0.1) is 27.0 Å². The van der Waals surface area contributed by atoms with Gasteiger partial charge in [0.15, 0.2) is 0 Å². The molecule has 0 spiro atoms. The van der Waals surface area contributed by atoms with Crippen LogP contribution in [0.15, 0.2) is 36.5 Å². The molecule has 0 atom stereocenters. The fourth-order valence-electron chi connectivity index (χ4n) is 2.76. The number of hydrogen-bond acceptors (Lipinski definition) is 6. The van der Waals surface area contributed by atoms with E-state index in [-0.39, 0.29) is 0 Å². The summed E-state index contributed by atoms with van der Waals surface area (Å²) in [6.45, 7) is 8.14. The largest absolute Gasteiger partial charge is 0.496 e. The number of fused-ring (bicyclic) bond motifs is 1. The molecule has 7 heteroatoms. The van der Waals surface area contributed by atoms with Gasteiger partial charge in [0.1, 0.15) is 10.8 Å². The molecular formula is C18H20BN3O2S. The Bertz CT molecular complexity index is 905. The summed E-state index contributed by atoms with van der Waals surface area (Å²) in [7, 11) is -0.466. The minimum Gasteiger partial charge on any atom is -0.399 e. The first kappa shape index (κ1) is 16.5. The fraction of sp³-hybridized carbons (Fsp3) is 0.333. The number of para-hydroxylation sites is 1. The van der Waals surface area contributed by atoms with Gasteiger partial charge in [0, 0.05) is 11.7 Å². The summed E-state index contributed by atoms with van der Waals surface area (Å²) in [6.07, 6.45) is 1.72. The van der Waals surface area contributed by atoms with Gasteiger partial charge in [-0.05, 0) is 45.9 Å². The molecule has 1 fully saturated rings. The Kier molecular flexibility index (Phi) is 3.65. The molecular weight excluding hydrogens is 333 g/mol. The first-order valence-corrected chi connectivity index (χ1v) is 9.05. The van der Waals surface area contributed by atoms with Crippen LogP contribution in [0.3, 0.4) is 0 Å².